The Morgan fingerprint density at radius 2 is 1.86 bits per heavy atom. The number of nitrogens with one attached hydrogen (secondary N) is 1. The molecule has 0 aromatic heterocycles. The maximum Gasteiger partial charge on any atom is 0.0334 e. The average molecular weight is 295 g/mol. The number of hydrogen-bond acceptors (Lipinski definition) is 2. The molecule has 2 fully saturated rings. The SMILES string of the molecule is CCCNC(C1CCCC(C)C1)C(C)(CC)N1CCCC1. The third-order valence-corrected chi connectivity index (χ3v) is 6.28. The van der Waals surface area contributed by atoms with E-state index in [9.17, 15) is 0 Å². The Kier molecular flexibility index (Phi) is 6.55. The van der Waals surface area contributed by atoms with Crippen LogP contribution in [0.2, 0.25) is 0 Å². The summed E-state index contributed by atoms with van der Waals surface area (Å²) in [7, 11) is 0. The number of nitrogens with zero attached hydrogens (tertiary/aromatic N) is 1. The summed E-state index contributed by atoms with van der Waals surface area (Å²) in [5, 5.41) is 3.99. The largest absolute Gasteiger partial charge is 0.312 e. The van der Waals surface area contributed by atoms with E-state index in [2.05, 4.69) is 37.9 Å². The van der Waals surface area contributed by atoms with Gasteiger partial charge in [0.2, 0.25) is 0 Å². The van der Waals surface area contributed by atoms with E-state index >= 15 is 0 Å². The first-order chi connectivity index (χ1) is 10.1. The normalized spacial score (nSPS) is 32.0. The Labute approximate surface area is 133 Å². The third-order valence-electron chi connectivity index (χ3n) is 6.28. The summed E-state index contributed by atoms with van der Waals surface area (Å²) in [5.74, 6) is 1.81. The van der Waals surface area contributed by atoms with Crippen molar-refractivity contribution in [2.75, 3.05) is 19.6 Å². The molecule has 4 unspecified atom stereocenters. The fourth-order valence-corrected chi connectivity index (χ4v) is 4.85. The average Bonchev–Trinajstić information content (AvgIpc) is 3.02. The molecule has 2 aliphatic rings. The zero-order valence-corrected chi connectivity index (χ0v) is 15.0. The number of rotatable bonds is 7. The first-order valence-electron chi connectivity index (χ1n) is 9.60. The summed E-state index contributed by atoms with van der Waals surface area (Å²) in [6.07, 6.45) is 11.1. The molecule has 4 atom stereocenters. The Bertz CT molecular complexity index is 298. The van der Waals surface area contributed by atoms with Crippen LogP contribution in [0.3, 0.4) is 0 Å². The zero-order valence-electron chi connectivity index (χ0n) is 15.0. The van der Waals surface area contributed by atoms with Gasteiger partial charge in [-0.05, 0) is 76.9 Å². The van der Waals surface area contributed by atoms with Crippen LogP contribution in [0.15, 0.2) is 0 Å². The van der Waals surface area contributed by atoms with Gasteiger partial charge in [-0.1, -0.05) is 33.6 Å². The van der Waals surface area contributed by atoms with Crippen molar-refractivity contribution in [3.05, 3.63) is 0 Å². The van der Waals surface area contributed by atoms with E-state index in [-0.39, 0.29) is 0 Å². The minimum Gasteiger partial charge on any atom is -0.312 e. The quantitative estimate of drug-likeness (QED) is 0.746. The summed E-state index contributed by atoms with van der Waals surface area (Å²) < 4.78 is 0. The van der Waals surface area contributed by atoms with Gasteiger partial charge in [0.05, 0.1) is 0 Å². The van der Waals surface area contributed by atoms with Crippen molar-refractivity contribution in [1.82, 2.24) is 10.2 Å². The molecule has 21 heavy (non-hydrogen) atoms. The van der Waals surface area contributed by atoms with Crippen molar-refractivity contribution in [2.45, 2.75) is 90.6 Å². The zero-order chi connectivity index (χ0) is 15.3. The molecule has 0 aromatic rings. The van der Waals surface area contributed by atoms with Gasteiger partial charge in [0.1, 0.15) is 0 Å². The van der Waals surface area contributed by atoms with Gasteiger partial charge in [-0.2, -0.15) is 0 Å². The lowest BCUT2D eigenvalue weighted by atomic mass is 9.71. The van der Waals surface area contributed by atoms with Gasteiger partial charge in [-0.3, -0.25) is 4.90 Å². The molecule has 2 nitrogen and oxygen atoms in total. The minimum atomic E-state index is 0.355. The molecule has 0 radical (unpaired) electrons. The van der Waals surface area contributed by atoms with Crippen LogP contribution in [0.5, 0.6) is 0 Å². The lowest BCUT2D eigenvalue weighted by Gasteiger charge is -2.49. The molecule has 1 saturated heterocycles. The molecule has 1 aliphatic heterocycles. The van der Waals surface area contributed by atoms with Gasteiger partial charge >= 0.3 is 0 Å². The second-order valence-corrected chi connectivity index (χ2v) is 7.87. The molecule has 1 saturated carbocycles. The van der Waals surface area contributed by atoms with E-state index in [1.165, 1.54) is 71.0 Å². The molecule has 1 heterocycles. The molecule has 1 aliphatic carbocycles. The molecule has 0 aromatic carbocycles. The van der Waals surface area contributed by atoms with Crippen molar-refractivity contribution in [3.8, 4) is 0 Å². The number of hydrogen-bond donors (Lipinski definition) is 1. The monoisotopic (exact) mass is 294 g/mol. The summed E-state index contributed by atoms with van der Waals surface area (Å²) >= 11 is 0. The van der Waals surface area contributed by atoms with Crippen LogP contribution >= 0.6 is 0 Å². The maximum atomic E-state index is 3.99. The molecule has 2 rings (SSSR count). The Balaban J connectivity index is 2.15. The van der Waals surface area contributed by atoms with Crippen molar-refractivity contribution in [3.63, 3.8) is 0 Å². The highest BCUT2D eigenvalue weighted by Gasteiger charge is 2.43. The third kappa shape index (κ3) is 4.01. The van der Waals surface area contributed by atoms with Gasteiger partial charge in [0, 0.05) is 11.6 Å². The van der Waals surface area contributed by atoms with Gasteiger partial charge < -0.3 is 5.32 Å². The molecule has 2 heteroatoms. The van der Waals surface area contributed by atoms with Gasteiger partial charge in [-0.25, -0.2) is 0 Å². The second-order valence-electron chi connectivity index (χ2n) is 7.87. The predicted octanol–water partition coefficient (Wildman–Crippen LogP) is 4.45. The molecular formula is C19H38N2. The number of likely N-dealkylation sites (tertiary alicyclic amines) is 1. The summed E-state index contributed by atoms with van der Waals surface area (Å²) in [6.45, 7) is 13.5. The first kappa shape index (κ1) is 17.3. The van der Waals surface area contributed by atoms with Crippen LogP contribution in [0.1, 0.15) is 79.1 Å². The standard InChI is InChI=1S/C19H38N2/c1-5-12-20-18(17-11-9-10-16(3)15-17)19(4,6-2)21-13-7-8-14-21/h16-18,20H,5-15H2,1-4H3. The Morgan fingerprint density at radius 3 is 2.43 bits per heavy atom. The summed E-state index contributed by atoms with van der Waals surface area (Å²) in [6, 6.07) is 0.684. The van der Waals surface area contributed by atoms with E-state index in [0.29, 0.717) is 11.6 Å². The van der Waals surface area contributed by atoms with Gasteiger partial charge in [-0.15, -0.1) is 0 Å². The highest BCUT2D eigenvalue weighted by molar-refractivity contribution is 5.01. The van der Waals surface area contributed by atoms with Crippen LogP contribution < -0.4 is 5.32 Å². The second kappa shape index (κ2) is 7.97. The summed E-state index contributed by atoms with van der Waals surface area (Å²) in [5.41, 5.74) is 0.355. The Hall–Kier alpha value is -0.0800. The molecule has 0 spiro atoms. The lowest BCUT2D eigenvalue weighted by Crippen LogP contribution is -2.61. The topological polar surface area (TPSA) is 15.3 Å². The van der Waals surface area contributed by atoms with Crippen LogP contribution in [0.4, 0.5) is 0 Å². The fraction of sp³-hybridized carbons (Fsp3) is 1.00. The molecule has 124 valence electrons. The maximum absolute atomic E-state index is 3.99. The van der Waals surface area contributed by atoms with Crippen LogP contribution in [-0.4, -0.2) is 36.1 Å². The van der Waals surface area contributed by atoms with Crippen molar-refractivity contribution in [2.24, 2.45) is 11.8 Å². The van der Waals surface area contributed by atoms with E-state index < -0.39 is 0 Å². The summed E-state index contributed by atoms with van der Waals surface area (Å²) in [4.78, 5) is 2.81. The lowest BCUT2D eigenvalue weighted by molar-refractivity contribution is 0.0411. The Morgan fingerprint density at radius 1 is 1.14 bits per heavy atom. The van der Waals surface area contributed by atoms with Crippen LogP contribution in [0, 0.1) is 11.8 Å². The first-order valence-corrected chi connectivity index (χ1v) is 9.60. The van der Waals surface area contributed by atoms with Gasteiger partial charge in [0.25, 0.3) is 0 Å². The van der Waals surface area contributed by atoms with Crippen molar-refractivity contribution >= 4 is 0 Å². The van der Waals surface area contributed by atoms with E-state index in [1.54, 1.807) is 0 Å². The molecule has 1 N–H and O–H groups in total. The smallest absolute Gasteiger partial charge is 0.0334 e. The van der Waals surface area contributed by atoms with Crippen LogP contribution in [0.25, 0.3) is 0 Å². The predicted molar refractivity (Wildman–Crippen MR) is 92.7 cm³/mol. The van der Waals surface area contributed by atoms with Crippen molar-refractivity contribution in [1.29, 1.82) is 0 Å². The van der Waals surface area contributed by atoms with Gasteiger partial charge in [0.15, 0.2) is 0 Å². The van der Waals surface area contributed by atoms with Crippen molar-refractivity contribution < 1.29 is 0 Å². The minimum absolute atomic E-state index is 0.355. The van der Waals surface area contributed by atoms with E-state index in [0.717, 1.165) is 11.8 Å². The highest BCUT2D eigenvalue weighted by Crippen LogP contribution is 2.38. The van der Waals surface area contributed by atoms with E-state index in [1.807, 2.05) is 0 Å². The van der Waals surface area contributed by atoms with Crippen LogP contribution in [-0.2, 0) is 0 Å². The fourth-order valence-electron chi connectivity index (χ4n) is 4.85. The molecule has 0 amide bonds. The molecular weight excluding hydrogens is 256 g/mol. The molecule has 0 bridgehead atoms. The highest BCUT2D eigenvalue weighted by atomic mass is 15.2. The van der Waals surface area contributed by atoms with E-state index in [4.69, 9.17) is 0 Å².